The highest BCUT2D eigenvalue weighted by atomic mass is 16.2. The van der Waals surface area contributed by atoms with E-state index in [1.165, 1.54) is 0 Å². The highest BCUT2D eigenvalue weighted by Crippen LogP contribution is 2.28. The third kappa shape index (κ3) is 3.04. The number of benzene rings is 2. The number of para-hydroxylation sites is 1. The standard InChI is InChI=1S/C20H23N3O/c1-13(2)18-22-16-11-10-14(12-17(16)23-18)20(3,4)19(24)21-15-8-6-5-7-9-15/h5-13H,1-4H3,(H,21,24)(H,22,23). The van der Waals surface area contributed by atoms with E-state index in [-0.39, 0.29) is 5.91 Å². The van der Waals surface area contributed by atoms with E-state index in [0.29, 0.717) is 5.92 Å². The van der Waals surface area contributed by atoms with Crippen molar-refractivity contribution in [2.75, 3.05) is 5.32 Å². The number of hydrogen-bond acceptors (Lipinski definition) is 2. The maximum absolute atomic E-state index is 12.7. The van der Waals surface area contributed by atoms with Crippen molar-refractivity contribution in [2.24, 2.45) is 0 Å². The Balaban J connectivity index is 1.90. The van der Waals surface area contributed by atoms with Gasteiger partial charge in [-0.25, -0.2) is 4.98 Å². The second-order valence-electron chi connectivity index (χ2n) is 6.95. The zero-order valence-electron chi connectivity index (χ0n) is 14.6. The number of imidazole rings is 1. The van der Waals surface area contributed by atoms with Crippen LogP contribution in [0.4, 0.5) is 5.69 Å². The van der Waals surface area contributed by atoms with Crippen LogP contribution >= 0.6 is 0 Å². The van der Waals surface area contributed by atoms with Gasteiger partial charge in [-0.3, -0.25) is 4.79 Å². The number of aromatic amines is 1. The number of amides is 1. The number of nitrogens with zero attached hydrogens (tertiary/aromatic N) is 1. The second-order valence-corrected chi connectivity index (χ2v) is 6.95. The second kappa shape index (κ2) is 6.11. The number of hydrogen-bond donors (Lipinski definition) is 2. The number of anilines is 1. The van der Waals surface area contributed by atoms with Crippen molar-refractivity contribution in [3.8, 4) is 0 Å². The number of rotatable bonds is 4. The molecule has 0 bridgehead atoms. The Morgan fingerprint density at radius 1 is 1.12 bits per heavy atom. The molecule has 0 radical (unpaired) electrons. The van der Waals surface area contributed by atoms with Crippen LogP contribution in [0.15, 0.2) is 48.5 Å². The van der Waals surface area contributed by atoms with E-state index in [4.69, 9.17) is 0 Å². The third-order valence-electron chi connectivity index (χ3n) is 4.37. The van der Waals surface area contributed by atoms with Crippen molar-refractivity contribution in [3.63, 3.8) is 0 Å². The molecule has 124 valence electrons. The van der Waals surface area contributed by atoms with Crippen LogP contribution in [0.5, 0.6) is 0 Å². The largest absolute Gasteiger partial charge is 0.342 e. The van der Waals surface area contributed by atoms with Crippen LogP contribution in [0.3, 0.4) is 0 Å². The first kappa shape index (κ1) is 16.2. The molecule has 24 heavy (non-hydrogen) atoms. The summed E-state index contributed by atoms with van der Waals surface area (Å²) in [6.45, 7) is 8.08. The molecule has 0 aliphatic heterocycles. The molecule has 2 aromatic carbocycles. The van der Waals surface area contributed by atoms with Gasteiger partial charge < -0.3 is 10.3 Å². The van der Waals surface area contributed by atoms with Crippen LogP contribution in [0.1, 0.15) is 45.0 Å². The number of nitrogens with one attached hydrogen (secondary N) is 2. The number of fused-ring (bicyclic) bond motifs is 1. The van der Waals surface area contributed by atoms with Gasteiger partial charge in [-0.05, 0) is 43.7 Å². The van der Waals surface area contributed by atoms with Gasteiger partial charge in [-0.2, -0.15) is 0 Å². The number of carbonyl (C=O) groups is 1. The van der Waals surface area contributed by atoms with Gasteiger partial charge in [-0.1, -0.05) is 38.1 Å². The quantitative estimate of drug-likeness (QED) is 0.737. The molecule has 0 saturated carbocycles. The van der Waals surface area contributed by atoms with Gasteiger partial charge in [0.2, 0.25) is 5.91 Å². The van der Waals surface area contributed by atoms with Crippen molar-refractivity contribution >= 4 is 22.6 Å². The van der Waals surface area contributed by atoms with Crippen molar-refractivity contribution < 1.29 is 4.79 Å². The Kier molecular flexibility index (Phi) is 4.14. The molecule has 2 N–H and O–H groups in total. The summed E-state index contributed by atoms with van der Waals surface area (Å²) in [6.07, 6.45) is 0. The van der Waals surface area contributed by atoms with E-state index in [1.807, 2.05) is 62.4 Å². The molecule has 0 unspecified atom stereocenters. The third-order valence-corrected chi connectivity index (χ3v) is 4.37. The van der Waals surface area contributed by atoms with Crippen LogP contribution in [0.25, 0.3) is 11.0 Å². The molecule has 0 aliphatic rings. The fraction of sp³-hybridized carbons (Fsp3) is 0.300. The van der Waals surface area contributed by atoms with E-state index in [9.17, 15) is 4.79 Å². The monoisotopic (exact) mass is 321 g/mol. The molecular formula is C20H23N3O. The SMILES string of the molecule is CC(C)c1nc2cc(C(C)(C)C(=O)Nc3ccccc3)ccc2[nH]1. The lowest BCUT2D eigenvalue weighted by Gasteiger charge is -2.24. The molecule has 0 fully saturated rings. The number of H-pyrrole nitrogens is 1. The van der Waals surface area contributed by atoms with Crippen LogP contribution in [-0.4, -0.2) is 15.9 Å². The fourth-order valence-electron chi connectivity index (χ4n) is 2.63. The van der Waals surface area contributed by atoms with Crippen LogP contribution in [-0.2, 0) is 10.2 Å². The van der Waals surface area contributed by atoms with E-state index in [1.54, 1.807) is 0 Å². The molecular weight excluding hydrogens is 298 g/mol. The molecule has 0 spiro atoms. The number of carbonyl (C=O) groups excluding carboxylic acids is 1. The minimum absolute atomic E-state index is 0.0346. The molecule has 1 amide bonds. The number of aromatic nitrogens is 2. The van der Waals surface area contributed by atoms with E-state index in [2.05, 4.69) is 29.1 Å². The first-order valence-electron chi connectivity index (χ1n) is 8.24. The zero-order chi connectivity index (χ0) is 17.3. The predicted molar refractivity (Wildman–Crippen MR) is 98.3 cm³/mol. The molecule has 0 aliphatic carbocycles. The van der Waals surface area contributed by atoms with Gasteiger partial charge in [0, 0.05) is 11.6 Å². The van der Waals surface area contributed by atoms with E-state index >= 15 is 0 Å². The summed E-state index contributed by atoms with van der Waals surface area (Å²) in [5, 5.41) is 2.99. The smallest absolute Gasteiger partial charge is 0.234 e. The maximum Gasteiger partial charge on any atom is 0.234 e. The first-order chi connectivity index (χ1) is 11.4. The molecule has 1 aromatic heterocycles. The van der Waals surface area contributed by atoms with E-state index in [0.717, 1.165) is 28.1 Å². The first-order valence-corrected chi connectivity index (χ1v) is 8.24. The van der Waals surface area contributed by atoms with Crippen molar-refractivity contribution in [2.45, 2.75) is 39.0 Å². The van der Waals surface area contributed by atoms with E-state index < -0.39 is 5.41 Å². The normalized spacial score (nSPS) is 11.9. The summed E-state index contributed by atoms with van der Waals surface area (Å²) in [5.74, 6) is 1.27. The Hall–Kier alpha value is -2.62. The lowest BCUT2D eigenvalue weighted by atomic mass is 9.83. The topological polar surface area (TPSA) is 57.8 Å². The summed E-state index contributed by atoms with van der Waals surface area (Å²) in [6, 6.07) is 15.5. The van der Waals surface area contributed by atoms with Gasteiger partial charge >= 0.3 is 0 Å². The Bertz CT molecular complexity index is 863. The molecule has 4 nitrogen and oxygen atoms in total. The van der Waals surface area contributed by atoms with Gasteiger partial charge in [-0.15, -0.1) is 0 Å². The van der Waals surface area contributed by atoms with Crippen molar-refractivity contribution in [1.82, 2.24) is 9.97 Å². The lowest BCUT2D eigenvalue weighted by molar-refractivity contribution is -0.120. The van der Waals surface area contributed by atoms with Crippen molar-refractivity contribution in [1.29, 1.82) is 0 Å². The zero-order valence-corrected chi connectivity index (χ0v) is 14.6. The Morgan fingerprint density at radius 3 is 2.50 bits per heavy atom. The van der Waals surface area contributed by atoms with Crippen LogP contribution in [0, 0.1) is 0 Å². The fourth-order valence-corrected chi connectivity index (χ4v) is 2.63. The average molecular weight is 321 g/mol. The molecule has 0 atom stereocenters. The summed E-state index contributed by atoms with van der Waals surface area (Å²) >= 11 is 0. The summed E-state index contributed by atoms with van der Waals surface area (Å²) in [7, 11) is 0. The molecule has 4 heteroatoms. The van der Waals surface area contributed by atoms with Gasteiger partial charge in [0.1, 0.15) is 5.82 Å². The predicted octanol–water partition coefficient (Wildman–Crippen LogP) is 4.60. The molecule has 1 heterocycles. The molecule has 3 aromatic rings. The lowest BCUT2D eigenvalue weighted by Crippen LogP contribution is -2.34. The molecule has 0 saturated heterocycles. The van der Waals surface area contributed by atoms with Gasteiger partial charge in [0.25, 0.3) is 0 Å². The van der Waals surface area contributed by atoms with Crippen LogP contribution in [0.2, 0.25) is 0 Å². The van der Waals surface area contributed by atoms with Gasteiger partial charge in [0.15, 0.2) is 0 Å². The van der Waals surface area contributed by atoms with Gasteiger partial charge in [0.05, 0.1) is 16.4 Å². The summed E-state index contributed by atoms with van der Waals surface area (Å²) in [5.41, 5.74) is 3.00. The Morgan fingerprint density at radius 2 is 1.83 bits per heavy atom. The maximum atomic E-state index is 12.7. The highest BCUT2D eigenvalue weighted by Gasteiger charge is 2.30. The minimum atomic E-state index is -0.652. The minimum Gasteiger partial charge on any atom is -0.342 e. The van der Waals surface area contributed by atoms with Crippen LogP contribution < -0.4 is 5.32 Å². The molecule has 3 rings (SSSR count). The Labute approximate surface area is 142 Å². The van der Waals surface area contributed by atoms with Crippen molar-refractivity contribution in [3.05, 3.63) is 59.9 Å². The summed E-state index contributed by atoms with van der Waals surface area (Å²) < 4.78 is 0. The summed E-state index contributed by atoms with van der Waals surface area (Å²) in [4.78, 5) is 20.7. The highest BCUT2D eigenvalue weighted by molar-refractivity contribution is 5.99. The average Bonchev–Trinajstić information content (AvgIpc) is 2.99.